The van der Waals surface area contributed by atoms with Gasteiger partial charge in [-0.1, -0.05) is 0 Å². The molecule has 0 aliphatic heterocycles. The molecule has 0 aromatic carbocycles. The van der Waals surface area contributed by atoms with Crippen molar-refractivity contribution in [1.82, 2.24) is 24.9 Å². The molecule has 0 spiro atoms. The molecule has 0 radical (unpaired) electrons. The normalized spacial score (nSPS) is 12.6. The van der Waals surface area contributed by atoms with Crippen LogP contribution < -0.4 is 0 Å². The van der Waals surface area contributed by atoms with Crippen LogP contribution in [0.25, 0.3) is 0 Å². The van der Waals surface area contributed by atoms with Crippen molar-refractivity contribution in [2.24, 2.45) is 0 Å². The second-order valence-electron chi connectivity index (χ2n) is 2.81. The summed E-state index contributed by atoms with van der Waals surface area (Å²) in [6, 6.07) is -0.340. The molecule has 1 unspecified atom stereocenters. The Kier molecular flexibility index (Phi) is 2.16. The molecule has 0 amide bonds. The summed E-state index contributed by atoms with van der Waals surface area (Å²) in [6.45, 7) is 1.74. The zero-order valence-corrected chi connectivity index (χ0v) is 7.73. The Labute approximate surface area is 83.6 Å². The molecule has 2 aromatic rings. The van der Waals surface area contributed by atoms with Gasteiger partial charge >= 0.3 is 5.97 Å². The number of aromatic nitrogens is 5. The predicted octanol–water partition coefficient (Wildman–Crippen LogP) is -0.0314. The molecule has 78 valence electrons. The fourth-order valence-electron chi connectivity index (χ4n) is 1.02. The summed E-state index contributed by atoms with van der Waals surface area (Å²) < 4.78 is 6.27. The van der Waals surface area contributed by atoms with Crippen LogP contribution in [0.1, 0.15) is 29.5 Å². The quantitative estimate of drug-likeness (QED) is 0.756. The first kappa shape index (κ1) is 9.31. The van der Waals surface area contributed by atoms with Gasteiger partial charge in [-0.05, 0) is 12.1 Å². The fourth-order valence-corrected chi connectivity index (χ4v) is 1.02. The van der Waals surface area contributed by atoms with Gasteiger partial charge in [0.25, 0.3) is 11.7 Å². The highest BCUT2D eigenvalue weighted by molar-refractivity contribution is 5.82. The van der Waals surface area contributed by atoms with E-state index >= 15 is 0 Å². The maximum absolute atomic E-state index is 10.5. The first-order valence-corrected chi connectivity index (χ1v) is 4.09. The molecule has 8 nitrogen and oxygen atoms in total. The van der Waals surface area contributed by atoms with Crippen LogP contribution in [0.4, 0.5) is 0 Å². The van der Waals surface area contributed by atoms with Crippen molar-refractivity contribution in [3.05, 3.63) is 24.4 Å². The smallest absolute Gasteiger partial charge is 0.377 e. The molecule has 2 aromatic heterocycles. The minimum Gasteiger partial charge on any atom is -0.475 e. The number of carboxylic acid groups (broad SMARTS) is 1. The van der Waals surface area contributed by atoms with Gasteiger partial charge in [-0.15, -0.1) is 0 Å². The molecule has 15 heavy (non-hydrogen) atoms. The van der Waals surface area contributed by atoms with Crippen LogP contribution in [0.3, 0.4) is 0 Å². The number of hydrogen-bond donors (Lipinski definition) is 1. The lowest BCUT2D eigenvalue weighted by atomic mass is 10.3. The van der Waals surface area contributed by atoms with E-state index < -0.39 is 5.97 Å². The molecule has 0 aliphatic carbocycles. The van der Waals surface area contributed by atoms with Crippen LogP contribution in [0.2, 0.25) is 0 Å². The largest absolute Gasteiger partial charge is 0.475 e. The van der Waals surface area contributed by atoms with Gasteiger partial charge in [-0.2, -0.15) is 10.1 Å². The molecule has 0 aliphatic rings. The minimum atomic E-state index is -1.23. The van der Waals surface area contributed by atoms with Gasteiger partial charge < -0.3 is 9.63 Å². The van der Waals surface area contributed by atoms with E-state index in [2.05, 4.69) is 20.2 Å². The highest BCUT2D eigenvalue weighted by Crippen LogP contribution is 2.13. The third kappa shape index (κ3) is 1.68. The van der Waals surface area contributed by atoms with Crippen molar-refractivity contribution in [2.75, 3.05) is 0 Å². The van der Waals surface area contributed by atoms with Gasteiger partial charge in [0.05, 0.1) is 0 Å². The van der Waals surface area contributed by atoms with E-state index in [-0.39, 0.29) is 17.8 Å². The summed E-state index contributed by atoms with van der Waals surface area (Å²) in [5.74, 6) is -1.41. The van der Waals surface area contributed by atoms with Gasteiger partial charge in [0, 0.05) is 0 Å². The SMILES string of the molecule is CC(c1nc(C(=O)O)no1)n1cncn1. The van der Waals surface area contributed by atoms with Crippen molar-refractivity contribution >= 4 is 5.97 Å². The number of hydrogen-bond acceptors (Lipinski definition) is 6. The van der Waals surface area contributed by atoms with Crippen LogP contribution in [0.15, 0.2) is 17.2 Å². The molecule has 0 bridgehead atoms. The molecule has 2 rings (SSSR count). The first-order valence-electron chi connectivity index (χ1n) is 4.09. The second kappa shape index (κ2) is 3.48. The third-order valence-corrected chi connectivity index (χ3v) is 1.82. The van der Waals surface area contributed by atoms with E-state index in [1.165, 1.54) is 17.3 Å². The molecule has 1 N–H and O–H groups in total. The molecule has 0 saturated carbocycles. The highest BCUT2D eigenvalue weighted by Gasteiger charge is 2.19. The average Bonchev–Trinajstić information content (AvgIpc) is 2.88. The zero-order valence-electron chi connectivity index (χ0n) is 7.73. The van der Waals surface area contributed by atoms with Crippen molar-refractivity contribution in [1.29, 1.82) is 0 Å². The van der Waals surface area contributed by atoms with E-state index in [9.17, 15) is 4.79 Å². The van der Waals surface area contributed by atoms with Crippen LogP contribution in [-0.2, 0) is 0 Å². The number of carboxylic acids is 1. The zero-order chi connectivity index (χ0) is 10.8. The minimum absolute atomic E-state index is 0.179. The van der Waals surface area contributed by atoms with E-state index in [4.69, 9.17) is 9.63 Å². The van der Waals surface area contributed by atoms with Gasteiger partial charge in [0.15, 0.2) is 0 Å². The molecule has 0 saturated heterocycles. The summed E-state index contributed by atoms with van der Waals surface area (Å²) in [6.07, 6.45) is 2.85. The summed E-state index contributed by atoms with van der Waals surface area (Å²) in [5, 5.41) is 15.8. The number of nitrogens with zero attached hydrogens (tertiary/aromatic N) is 5. The fraction of sp³-hybridized carbons (Fsp3) is 0.286. The standard InChI is InChI=1S/C7H7N5O3/c1-4(12-3-8-2-9-12)6-10-5(7(13)14)11-15-6/h2-4H,1H3,(H,13,14). The lowest BCUT2D eigenvalue weighted by molar-refractivity contribution is 0.0680. The van der Waals surface area contributed by atoms with Crippen LogP contribution in [-0.4, -0.2) is 36.0 Å². The van der Waals surface area contributed by atoms with Crippen molar-refractivity contribution in [3.8, 4) is 0 Å². The predicted molar refractivity (Wildman–Crippen MR) is 45.1 cm³/mol. The Morgan fingerprint density at radius 2 is 2.47 bits per heavy atom. The van der Waals surface area contributed by atoms with Gasteiger partial charge in [-0.3, -0.25) is 0 Å². The Morgan fingerprint density at radius 3 is 3.00 bits per heavy atom. The number of carbonyl (C=O) groups is 1. The molecule has 8 heteroatoms. The van der Waals surface area contributed by atoms with Gasteiger partial charge in [0.1, 0.15) is 18.7 Å². The summed E-state index contributed by atoms with van der Waals surface area (Å²) in [4.78, 5) is 18.0. The first-order chi connectivity index (χ1) is 7.18. The van der Waals surface area contributed by atoms with Crippen molar-refractivity contribution < 1.29 is 14.4 Å². The van der Waals surface area contributed by atoms with Crippen LogP contribution >= 0.6 is 0 Å². The van der Waals surface area contributed by atoms with Crippen molar-refractivity contribution in [2.45, 2.75) is 13.0 Å². The van der Waals surface area contributed by atoms with Gasteiger partial charge in [0.2, 0.25) is 0 Å². The molecule has 2 heterocycles. The Bertz CT molecular complexity index is 463. The van der Waals surface area contributed by atoms with E-state index in [0.717, 1.165) is 0 Å². The van der Waals surface area contributed by atoms with Gasteiger partial charge in [-0.25, -0.2) is 14.5 Å². The summed E-state index contributed by atoms with van der Waals surface area (Å²) >= 11 is 0. The Hall–Kier alpha value is -2.25. The molecule has 0 fully saturated rings. The molecular formula is C7H7N5O3. The highest BCUT2D eigenvalue weighted by atomic mass is 16.5. The topological polar surface area (TPSA) is 107 Å². The maximum Gasteiger partial charge on any atom is 0.377 e. The maximum atomic E-state index is 10.5. The van der Waals surface area contributed by atoms with E-state index in [0.29, 0.717) is 0 Å². The second-order valence-corrected chi connectivity index (χ2v) is 2.81. The van der Waals surface area contributed by atoms with Crippen LogP contribution in [0, 0.1) is 0 Å². The Balaban J connectivity index is 2.26. The Morgan fingerprint density at radius 1 is 1.67 bits per heavy atom. The third-order valence-electron chi connectivity index (χ3n) is 1.82. The monoisotopic (exact) mass is 209 g/mol. The summed E-state index contributed by atoms with van der Waals surface area (Å²) in [5.41, 5.74) is 0. The van der Waals surface area contributed by atoms with Crippen molar-refractivity contribution in [3.63, 3.8) is 0 Å². The lowest BCUT2D eigenvalue weighted by Gasteiger charge is -2.04. The average molecular weight is 209 g/mol. The lowest BCUT2D eigenvalue weighted by Crippen LogP contribution is -2.08. The number of rotatable bonds is 3. The number of aromatic carboxylic acids is 1. The van der Waals surface area contributed by atoms with E-state index in [1.54, 1.807) is 6.92 Å². The summed E-state index contributed by atoms with van der Waals surface area (Å²) in [7, 11) is 0. The van der Waals surface area contributed by atoms with E-state index in [1.807, 2.05) is 0 Å². The molecular weight excluding hydrogens is 202 g/mol. The molecule has 1 atom stereocenters. The van der Waals surface area contributed by atoms with Crippen LogP contribution in [0.5, 0.6) is 0 Å².